The number of nitrogens with one attached hydrogen (secondary N) is 1. The second-order valence-corrected chi connectivity index (χ2v) is 7.52. The van der Waals surface area contributed by atoms with E-state index in [2.05, 4.69) is 26.5 Å². The number of fused-ring (bicyclic) bond motifs is 2. The van der Waals surface area contributed by atoms with Crippen molar-refractivity contribution in [1.29, 1.82) is 5.26 Å². The summed E-state index contributed by atoms with van der Waals surface area (Å²) in [5.74, 6) is 0.611. The van der Waals surface area contributed by atoms with E-state index in [1.165, 1.54) is 6.07 Å². The first-order chi connectivity index (χ1) is 14.1. The Balaban J connectivity index is 0.00000136. The highest BCUT2D eigenvalue weighted by Gasteiger charge is 2.19. The van der Waals surface area contributed by atoms with Crippen LogP contribution in [-0.2, 0) is 7.05 Å². The fourth-order valence-corrected chi connectivity index (χ4v) is 4.07. The number of aryl methyl sites for hydroxylation is 1. The van der Waals surface area contributed by atoms with E-state index in [-0.39, 0.29) is 36.5 Å². The predicted octanol–water partition coefficient (Wildman–Crippen LogP) is 4.50. The van der Waals surface area contributed by atoms with E-state index in [1.807, 2.05) is 25.4 Å². The van der Waals surface area contributed by atoms with Crippen molar-refractivity contribution < 1.29 is 4.39 Å². The van der Waals surface area contributed by atoms with Gasteiger partial charge in [-0.25, -0.2) is 14.4 Å². The molecule has 0 spiro atoms. The SMILES string of the molecule is Cl.Cl.Cn1cc2cc(-c3cc(F)c4nc(C5CCNCC5)ncc4c3)cc(C#N)c2n1. The number of piperidine rings is 1. The van der Waals surface area contributed by atoms with Crippen molar-refractivity contribution in [2.45, 2.75) is 18.8 Å². The van der Waals surface area contributed by atoms with Crippen LogP contribution in [0.3, 0.4) is 0 Å². The molecule has 2 aromatic carbocycles. The fraction of sp³-hybridized carbons (Fsp3) is 0.273. The van der Waals surface area contributed by atoms with Gasteiger partial charge in [0.1, 0.15) is 28.7 Å². The summed E-state index contributed by atoms with van der Waals surface area (Å²) in [5, 5.41) is 18.7. The first-order valence-electron chi connectivity index (χ1n) is 9.67. The molecule has 0 atom stereocenters. The van der Waals surface area contributed by atoms with E-state index >= 15 is 0 Å². The molecule has 1 saturated heterocycles. The van der Waals surface area contributed by atoms with Crippen molar-refractivity contribution in [3.63, 3.8) is 0 Å². The van der Waals surface area contributed by atoms with Crippen LogP contribution in [0.15, 0.2) is 36.7 Å². The Hall–Kier alpha value is -2.79. The van der Waals surface area contributed by atoms with E-state index in [1.54, 1.807) is 16.9 Å². The molecule has 4 aromatic rings. The molecule has 0 aliphatic carbocycles. The van der Waals surface area contributed by atoms with E-state index in [0.717, 1.165) is 36.9 Å². The third-order valence-electron chi connectivity index (χ3n) is 5.54. The Morgan fingerprint density at radius 2 is 1.77 bits per heavy atom. The largest absolute Gasteiger partial charge is 0.317 e. The highest BCUT2D eigenvalue weighted by atomic mass is 35.5. The molecule has 3 heterocycles. The van der Waals surface area contributed by atoms with Gasteiger partial charge in [0.2, 0.25) is 0 Å². The molecule has 1 fully saturated rings. The first kappa shape index (κ1) is 22.9. The minimum Gasteiger partial charge on any atom is -0.317 e. The van der Waals surface area contributed by atoms with Gasteiger partial charge >= 0.3 is 0 Å². The lowest BCUT2D eigenvalue weighted by Gasteiger charge is -2.21. The van der Waals surface area contributed by atoms with Gasteiger partial charge in [-0.2, -0.15) is 10.4 Å². The lowest BCUT2D eigenvalue weighted by atomic mass is 9.96. The van der Waals surface area contributed by atoms with Crippen molar-refractivity contribution in [1.82, 2.24) is 25.1 Å². The van der Waals surface area contributed by atoms with Crippen molar-refractivity contribution in [3.05, 3.63) is 53.9 Å². The normalized spacial score (nSPS) is 14.1. The van der Waals surface area contributed by atoms with Crippen molar-refractivity contribution in [2.75, 3.05) is 13.1 Å². The number of hydrogen-bond donors (Lipinski definition) is 1. The number of hydrogen-bond acceptors (Lipinski definition) is 5. The van der Waals surface area contributed by atoms with Gasteiger partial charge in [-0.15, -0.1) is 24.8 Å². The summed E-state index contributed by atoms with van der Waals surface area (Å²) in [6.07, 6.45) is 5.49. The highest BCUT2D eigenvalue weighted by Crippen LogP contribution is 2.31. The maximum Gasteiger partial charge on any atom is 0.150 e. The van der Waals surface area contributed by atoms with Crippen LogP contribution in [0.1, 0.15) is 30.1 Å². The molecule has 1 aliphatic rings. The number of rotatable bonds is 2. The number of nitrogens with zero attached hydrogens (tertiary/aromatic N) is 5. The molecule has 31 heavy (non-hydrogen) atoms. The maximum absolute atomic E-state index is 15.0. The average molecular weight is 459 g/mol. The monoisotopic (exact) mass is 458 g/mol. The van der Waals surface area contributed by atoms with Gasteiger partial charge in [-0.05, 0) is 61.3 Å². The van der Waals surface area contributed by atoms with E-state index in [9.17, 15) is 9.65 Å². The zero-order valence-corrected chi connectivity index (χ0v) is 18.4. The van der Waals surface area contributed by atoms with Gasteiger partial charge in [0, 0.05) is 36.1 Å². The molecule has 1 aliphatic heterocycles. The lowest BCUT2D eigenvalue weighted by Crippen LogP contribution is -2.27. The molecule has 160 valence electrons. The molecule has 6 nitrogen and oxygen atoms in total. The fourth-order valence-electron chi connectivity index (χ4n) is 4.07. The van der Waals surface area contributed by atoms with Gasteiger partial charge in [0.25, 0.3) is 0 Å². The standard InChI is InChI=1S/C22H19FN6.2ClH/c1-29-12-18-8-14(6-16(10-24)20(18)28-29)15-7-17-11-26-22(13-2-4-25-5-3-13)27-21(17)19(23)9-15;;/h6-9,11-13,25H,2-5H2,1H3;2*1H. The Labute approximate surface area is 191 Å². The molecule has 0 saturated carbocycles. The van der Waals surface area contributed by atoms with E-state index in [4.69, 9.17) is 0 Å². The highest BCUT2D eigenvalue weighted by molar-refractivity contribution is 5.91. The topological polar surface area (TPSA) is 79.4 Å². The van der Waals surface area contributed by atoms with Gasteiger partial charge in [-0.1, -0.05) is 0 Å². The van der Waals surface area contributed by atoms with Gasteiger partial charge in [0.15, 0.2) is 0 Å². The molecular weight excluding hydrogens is 438 g/mol. The zero-order valence-electron chi connectivity index (χ0n) is 16.8. The number of nitriles is 1. The zero-order chi connectivity index (χ0) is 20.0. The number of benzene rings is 2. The van der Waals surface area contributed by atoms with E-state index < -0.39 is 0 Å². The summed E-state index contributed by atoms with van der Waals surface area (Å²) >= 11 is 0. The third-order valence-corrected chi connectivity index (χ3v) is 5.54. The van der Waals surface area contributed by atoms with Crippen LogP contribution in [-0.4, -0.2) is 32.8 Å². The quantitative estimate of drug-likeness (QED) is 0.478. The summed E-state index contributed by atoms with van der Waals surface area (Å²) in [4.78, 5) is 9.06. The maximum atomic E-state index is 15.0. The van der Waals surface area contributed by atoms with Crippen molar-refractivity contribution >= 4 is 46.6 Å². The lowest BCUT2D eigenvalue weighted by molar-refractivity contribution is 0.445. The summed E-state index contributed by atoms with van der Waals surface area (Å²) in [7, 11) is 1.81. The summed E-state index contributed by atoms with van der Waals surface area (Å²) in [6, 6.07) is 9.23. The van der Waals surface area contributed by atoms with Gasteiger partial charge in [0.05, 0.1) is 5.56 Å². The summed E-state index contributed by atoms with van der Waals surface area (Å²) in [6.45, 7) is 1.87. The molecule has 0 unspecified atom stereocenters. The molecule has 1 N–H and O–H groups in total. The van der Waals surface area contributed by atoms with Gasteiger partial charge < -0.3 is 5.32 Å². The summed E-state index contributed by atoms with van der Waals surface area (Å²) in [5.41, 5.74) is 2.92. The van der Waals surface area contributed by atoms with Crippen LogP contribution >= 0.6 is 24.8 Å². The Morgan fingerprint density at radius 3 is 2.52 bits per heavy atom. The third kappa shape index (κ3) is 4.19. The Bertz CT molecular complexity index is 1290. The molecular formula is C22H21Cl2FN6. The Kier molecular flexibility index (Phi) is 6.75. The predicted molar refractivity (Wildman–Crippen MR) is 123 cm³/mol. The molecule has 9 heteroatoms. The minimum atomic E-state index is -0.375. The Morgan fingerprint density at radius 1 is 1.06 bits per heavy atom. The van der Waals surface area contributed by atoms with Crippen LogP contribution in [0.4, 0.5) is 4.39 Å². The molecule has 0 bridgehead atoms. The van der Waals surface area contributed by atoms with Crippen LogP contribution in [0.5, 0.6) is 0 Å². The van der Waals surface area contributed by atoms with Crippen LogP contribution in [0.2, 0.25) is 0 Å². The smallest absolute Gasteiger partial charge is 0.150 e. The minimum absolute atomic E-state index is 0. The van der Waals surface area contributed by atoms with Crippen molar-refractivity contribution in [3.8, 4) is 17.2 Å². The number of aromatic nitrogens is 4. The molecule has 2 aromatic heterocycles. The second kappa shape index (κ2) is 9.15. The number of halogens is 3. The van der Waals surface area contributed by atoms with Crippen LogP contribution in [0, 0.1) is 17.1 Å². The second-order valence-electron chi connectivity index (χ2n) is 7.52. The molecule has 5 rings (SSSR count). The summed E-state index contributed by atoms with van der Waals surface area (Å²) < 4.78 is 16.7. The van der Waals surface area contributed by atoms with Gasteiger partial charge in [-0.3, -0.25) is 4.68 Å². The van der Waals surface area contributed by atoms with E-state index in [0.29, 0.717) is 33.4 Å². The average Bonchev–Trinajstić information content (AvgIpc) is 3.13. The van der Waals surface area contributed by atoms with Crippen LogP contribution < -0.4 is 5.32 Å². The molecule has 0 radical (unpaired) electrons. The first-order valence-corrected chi connectivity index (χ1v) is 9.67. The van der Waals surface area contributed by atoms with Crippen LogP contribution in [0.25, 0.3) is 32.9 Å². The molecule has 0 amide bonds. The van der Waals surface area contributed by atoms with Crippen molar-refractivity contribution in [2.24, 2.45) is 7.05 Å².